The molecule has 0 unspecified atom stereocenters. The van der Waals surface area contributed by atoms with Crippen molar-refractivity contribution in [1.82, 2.24) is 9.97 Å². The summed E-state index contributed by atoms with van der Waals surface area (Å²) < 4.78 is 0. The van der Waals surface area contributed by atoms with E-state index in [1.165, 1.54) is 6.33 Å². The van der Waals surface area contributed by atoms with Crippen LogP contribution in [0.5, 0.6) is 0 Å². The van der Waals surface area contributed by atoms with Crippen molar-refractivity contribution >= 4 is 17.6 Å². The predicted molar refractivity (Wildman–Crippen MR) is 61.6 cm³/mol. The largest absolute Gasteiger partial charge is 0.396 e. The lowest BCUT2D eigenvalue weighted by Crippen LogP contribution is -2.12. The van der Waals surface area contributed by atoms with E-state index in [0.29, 0.717) is 5.82 Å². The fraction of sp³-hybridized carbons (Fsp3) is 0.556. The second-order valence-electron chi connectivity index (χ2n) is 2.93. The van der Waals surface area contributed by atoms with Crippen LogP contribution in [0.4, 0.5) is 5.82 Å². The molecular formula is C9H16N4OS. The Labute approximate surface area is 93.5 Å². The van der Waals surface area contributed by atoms with Gasteiger partial charge in [-0.25, -0.2) is 15.8 Å². The molecule has 0 fully saturated rings. The molecule has 0 aromatic carbocycles. The minimum atomic E-state index is 0.210. The molecule has 4 N–H and O–H groups in total. The number of aliphatic hydroxyl groups excluding tert-OH is 1. The molecule has 0 radical (unpaired) electrons. The standard InChI is InChI=1S/C9H16N4OS/c1-2-7-8(13-10)11-6-12-9(7)15-5-3-4-14/h6,14H,2-5,10H2,1H3,(H,11,12,13). The zero-order valence-corrected chi connectivity index (χ0v) is 9.55. The van der Waals surface area contributed by atoms with Crippen LogP contribution in [0.2, 0.25) is 0 Å². The Kier molecular flexibility index (Phi) is 5.38. The molecule has 0 aliphatic carbocycles. The number of hydrogen-bond acceptors (Lipinski definition) is 6. The van der Waals surface area contributed by atoms with Crippen molar-refractivity contribution in [2.45, 2.75) is 24.8 Å². The number of aromatic nitrogens is 2. The summed E-state index contributed by atoms with van der Waals surface area (Å²) in [6, 6.07) is 0. The predicted octanol–water partition coefficient (Wildman–Crippen LogP) is 0.799. The Morgan fingerprint density at radius 2 is 2.33 bits per heavy atom. The van der Waals surface area contributed by atoms with Gasteiger partial charge >= 0.3 is 0 Å². The van der Waals surface area contributed by atoms with Crippen LogP contribution < -0.4 is 11.3 Å². The summed E-state index contributed by atoms with van der Waals surface area (Å²) in [4.78, 5) is 8.25. The van der Waals surface area contributed by atoms with Gasteiger partial charge in [0.2, 0.25) is 0 Å². The number of nitrogens with one attached hydrogen (secondary N) is 1. The molecule has 0 saturated carbocycles. The highest BCUT2D eigenvalue weighted by Gasteiger charge is 2.08. The van der Waals surface area contributed by atoms with E-state index in [4.69, 9.17) is 10.9 Å². The maximum absolute atomic E-state index is 8.69. The van der Waals surface area contributed by atoms with E-state index < -0.39 is 0 Å². The first-order valence-corrected chi connectivity index (χ1v) is 5.86. The van der Waals surface area contributed by atoms with Gasteiger partial charge in [0.25, 0.3) is 0 Å². The number of aliphatic hydroxyl groups is 1. The topological polar surface area (TPSA) is 84.1 Å². The smallest absolute Gasteiger partial charge is 0.147 e. The Balaban J connectivity index is 2.76. The number of nitrogens with two attached hydrogens (primary N) is 1. The Morgan fingerprint density at radius 3 is 2.93 bits per heavy atom. The van der Waals surface area contributed by atoms with E-state index in [9.17, 15) is 0 Å². The van der Waals surface area contributed by atoms with Crippen molar-refractivity contribution in [3.8, 4) is 0 Å². The number of anilines is 1. The maximum atomic E-state index is 8.69. The first-order valence-electron chi connectivity index (χ1n) is 4.87. The molecule has 15 heavy (non-hydrogen) atoms. The molecule has 1 rings (SSSR count). The third-order valence-corrected chi connectivity index (χ3v) is 3.06. The highest BCUT2D eigenvalue weighted by atomic mass is 32.2. The van der Waals surface area contributed by atoms with Crippen LogP contribution in [-0.2, 0) is 6.42 Å². The number of rotatable bonds is 6. The highest BCUT2D eigenvalue weighted by molar-refractivity contribution is 7.99. The maximum Gasteiger partial charge on any atom is 0.147 e. The summed E-state index contributed by atoms with van der Waals surface area (Å²) in [5.41, 5.74) is 3.59. The van der Waals surface area contributed by atoms with Crippen LogP contribution in [0.1, 0.15) is 18.9 Å². The van der Waals surface area contributed by atoms with Gasteiger partial charge in [0, 0.05) is 17.9 Å². The first-order chi connectivity index (χ1) is 7.33. The number of thioether (sulfide) groups is 1. The number of nitrogens with zero attached hydrogens (tertiary/aromatic N) is 2. The third kappa shape index (κ3) is 3.33. The molecule has 0 saturated heterocycles. The van der Waals surface area contributed by atoms with E-state index in [0.717, 1.165) is 29.2 Å². The minimum absolute atomic E-state index is 0.210. The lowest BCUT2D eigenvalue weighted by Gasteiger charge is -2.09. The van der Waals surface area contributed by atoms with Crippen molar-refractivity contribution in [3.63, 3.8) is 0 Å². The monoisotopic (exact) mass is 228 g/mol. The van der Waals surface area contributed by atoms with E-state index in [1.807, 2.05) is 6.92 Å². The lowest BCUT2D eigenvalue weighted by molar-refractivity contribution is 0.296. The minimum Gasteiger partial charge on any atom is -0.396 e. The lowest BCUT2D eigenvalue weighted by atomic mass is 10.2. The van der Waals surface area contributed by atoms with Gasteiger partial charge in [0.15, 0.2) is 0 Å². The van der Waals surface area contributed by atoms with E-state index >= 15 is 0 Å². The van der Waals surface area contributed by atoms with Crippen LogP contribution in [-0.4, -0.2) is 27.4 Å². The van der Waals surface area contributed by atoms with E-state index in [1.54, 1.807) is 11.8 Å². The second kappa shape index (κ2) is 6.60. The van der Waals surface area contributed by atoms with Gasteiger partial charge in [-0.05, 0) is 12.8 Å². The van der Waals surface area contributed by atoms with Gasteiger partial charge in [-0.1, -0.05) is 6.92 Å². The van der Waals surface area contributed by atoms with Crippen molar-refractivity contribution in [3.05, 3.63) is 11.9 Å². The summed E-state index contributed by atoms with van der Waals surface area (Å²) in [5, 5.41) is 9.63. The molecule has 1 heterocycles. The molecule has 0 atom stereocenters. The molecule has 0 amide bonds. The Hall–Kier alpha value is -0.850. The molecule has 0 bridgehead atoms. The van der Waals surface area contributed by atoms with Gasteiger partial charge in [-0.15, -0.1) is 11.8 Å². The van der Waals surface area contributed by atoms with Crippen molar-refractivity contribution in [1.29, 1.82) is 0 Å². The zero-order valence-electron chi connectivity index (χ0n) is 8.73. The van der Waals surface area contributed by atoms with Gasteiger partial charge in [0.05, 0.1) is 0 Å². The summed E-state index contributed by atoms with van der Waals surface area (Å²) >= 11 is 1.62. The summed E-state index contributed by atoms with van der Waals surface area (Å²) in [6.45, 7) is 2.25. The van der Waals surface area contributed by atoms with Crippen molar-refractivity contribution < 1.29 is 5.11 Å². The van der Waals surface area contributed by atoms with Gasteiger partial charge < -0.3 is 10.5 Å². The SMILES string of the molecule is CCc1c(NN)ncnc1SCCCO. The molecule has 1 aromatic rings. The molecule has 84 valence electrons. The van der Waals surface area contributed by atoms with Crippen LogP contribution in [0.3, 0.4) is 0 Å². The summed E-state index contributed by atoms with van der Waals surface area (Å²) in [6.07, 6.45) is 3.10. The number of hydrogen-bond donors (Lipinski definition) is 3. The molecule has 0 aliphatic heterocycles. The quantitative estimate of drug-likeness (QED) is 0.219. The van der Waals surface area contributed by atoms with Crippen molar-refractivity contribution in [2.24, 2.45) is 5.84 Å². The highest BCUT2D eigenvalue weighted by Crippen LogP contribution is 2.25. The average molecular weight is 228 g/mol. The third-order valence-electron chi connectivity index (χ3n) is 1.94. The van der Waals surface area contributed by atoms with E-state index in [-0.39, 0.29) is 6.61 Å². The molecule has 1 aromatic heterocycles. The number of hydrazine groups is 1. The van der Waals surface area contributed by atoms with Crippen LogP contribution >= 0.6 is 11.8 Å². The van der Waals surface area contributed by atoms with Crippen LogP contribution in [0.25, 0.3) is 0 Å². The summed E-state index contributed by atoms with van der Waals surface area (Å²) in [5.74, 6) is 6.89. The zero-order chi connectivity index (χ0) is 11.1. The first kappa shape index (κ1) is 12.2. The molecule has 5 nitrogen and oxygen atoms in total. The normalized spacial score (nSPS) is 10.3. The fourth-order valence-electron chi connectivity index (χ4n) is 1.20. The second-order valence-corrected chi connectivity index (χ2v) is 4.01. The molecule has 0 spiro atoms. The van der Waals surface area contributed by atoms with Crippen molar-refractivity contribution in [2.75, 3.05) is 17.8 Å². The number of nitrogen functional groups attached to an aromatic ring is 1. The van der Waals surface area contributed by atoms with Gasteiger partial charge in [0.1, 0.15) is 17.2 Å². The molecule has 6 heteroatoms. The molecule has 0 aliphatic rings. The fourth-order valence-corrected chi connectivity index (χ4v) is 2.20. The Bertz CT molecular complexity index is 308. The van der Waals surface area contributed by atoms with Gasteiger partial charge in [-0.3, -0.25) is 0 Å². The van der Waals surface area contributed by atoms with Gasteiger partial charge in [-0.2, -0.15) is 0 Å². The average Bonchev–Trinajstić information content (AvgIpc) is 2.29. The summed E-state index contributed by atoms with van der Waals surface area (Å²) in [7, 11) is 0. The van der Waals surface area contributed by atoms with E-state index in [2.05, 4.69) is 15.4 Å². The van der Waals surface area contributed by atoms with Crippen LogP contribution in [0, 0.1) is 0 Å². The van der Waals surface area contributed by atoms with Crippen LogP contribution in [0.15, 0.2) is 11.4 Å². The molecular weight excluding hydrogens is 212 g/mol. The Morgan fingerprint density at radius 1 is 1.53 bits per heavy atom.